The predicted molar refractivity (Wildman–Crippen MR) is 114 cm³/mol. The molecule has 0 aliphatic carbocycles. The first-order valence-corrected chi connectivity index (χ1v) is 10.5. The Kier molecular flexibility index (Phi) is 5.75. The van der Waals surface area contributed by atoms with Gasteiger partial charge < -0.3 is 15.0 Å². The first-order chi connectivity index (χ1) is 14.5. The lowest BCUT2D eigenvalue weighted by atomic mass is 10.1. The monoisotopic (exact) mass is 427 g/mol. The molecule has 9 nitrogen and oxygen atoms in total. The average molecular weight is 427 g/mol. The Morgan fingerprint density at radius 1 is 1.17 bits per heavy atom. The van der Waals surface area contributed by atoms with E-state index in [-0.39, 0.29) is 18.0 Å². The third-order valence-electron chi connectivity index (χ3n) is 4.90. The van der Waals surface area contributed by atoms with Crippen molar-refractivity contribution in [3.8, 4) is 0 Å². The van der Waals surface area contributed by atoms with Gasteiger partial charge >= 0.3 is 5.97 Å². The average Bonchev–Trinajstić information content (AvgIpc) is 3.21. The maximum absolute atomic E-state index is 12.8. The highest BCUT2D eigenvalue weighted by Crippen LogP contribution is 2.27. The van der Waals surface area contributed by atoms with Crippen molar-refractivity contribution in [2.75, 3.05) is 30.4 Å². The molecule has 0 atom stereocenters. The summed E-state index contributed by atoms with van der Waals surface area (Å²) in [5.74, 6) is -0.822. The zero-order valence-corrected chi connectivity index (χ0v) is 17.3. The van der Waals surface area contributed by atoms with E-state index in [1.54, 1.807) is 24.3 Å². The number of piperidine rings is 1. The Hall–Kier alpha value is -3.27. The second-order valence-electron chi connectivity index (χ2n) is 6.99. The quantitative estimate of drug-likeness (QED) is 0.623. The van der Waals surface area contributed by atoms with Crippen LogP contribution in [0.1, 0.15) is 29.6 Å². The van der Waals surface area contributed by atoms with E-state index in [0.29, 0.717) is 21.6 Å². The number of fused-ring (bicyclic) bond motifs is 1. The van der Waals surface area contributed by atoms with Crippen molar-refractivity contribution in [2.24, 2.45) is 0 Å². The van der Waals surface area contributed by atoms with Gasteiger partial charge in [0, 0.05) is 18.8 Å². The molecule has 1 aliphatic heterocycles. The summed E-state index contributed by atoms with van der Waals surface area (Å²) in [7, 11) is 1.30. The Balaban J connectivity index is 1.47. The van der Waals surface area contributed by atoms with E-state index in [4.69, 9.17) is 0 Å². The van der Waals surface area contributed by atoms with Gasteiger partial charge in [0.2, 0.25) is 5.91 Å². The molecule has 1 saturated heterocycles. The van der Waals surface area contributed by atoms with Crippen molar-refractivity contribution >= 4 is 44.4 Å². The second kappa shape index (κ2) is 8.62. The number of hydrogen-bond acceptors (Lipinski definition) is 8. The molecule has 156 valence electrons. The topological polar surface area (TPSA) is 106 Å². The number of carbonyl (C=O) groups excluding carboxylic acids is 2. The zero-order chi connectivity index (χ0) is 21.1. The molecule has 0 saturated carbocycles. The minimum Gasteiger partial charge on any atom is -0.465 e. The molecule has 3 aromatic rings. The van der Waals surface area contributed by atoms with Crippen LogP contribution in [0.3, 0.4) is 0 Å². The van der Waals surface area contributed by atoms with Crippen LogP contribution in [0.15, 0.2) is 35.4 Å². The van der Waals surface area contributed by atoms with Gasteiger partial charge in [-0.2, -0.15) is 4.98 Å². The number of thiazole rings is 1. The summed E-state index contributed by atoms with van der Waals surface area (Å²) < 4.78 is 6.38. The number of ether oxygens (including phenoxy) is 1. The maximum Gasteiger partial charge on any atom is 0.337 e. The Bertz CT molecular complexity index is 1130. The van der Waals surface area contributed by atoms with Crippen LogP contribution in [-0.2, 0) is 16.1 Å². The number of amides is 1. The SMILES string of the molecule is COC(=O)c1ccc(NC(=O)Cn2cnc3nc(N4CCCCC4)sc3c2=O)cc1. The molecule has 0 spiro atoms. The molecule has 0 radical (unpaired) electrons. The number of nitrogens with one attached hydrogen (secondary N) is 1. The standard InChI is InChI=1S/C20H21N5O4S/c1-29-19(28)13-5-7-14(8-6-13)22-15(26)11-25-12-21-17-16(18(25)27)30-20(23-17)24-9-3-2-4-10-24/h5-8,12H,2-4,9-11H2,1H3,(H,22,26). The second-order valence-corrected chi connectivity index (χ2v) is 7.97. The molecule has 10 heteroatoms. The summed E-state index contributed by atoms with van der Waals surface area (Å²) in [5.41, 5.74) is 1.04. The summed E-state index contributed by atoms with van der Waals surface area (Å²) in [4.78, 5) is 47.6. The number of methoxy groups -OCH3 is 1. The van der Waals surface area contributed by atoms with Gasteiger partial charge in [0.05, 0.1) is 12.7 Å². The van der Waals surface area contributed by atoms with Gasteiger partial charge in [0.1, 0.15) is 17.6 Å². The summed E-state index contributed by atoms with van der Waals surface area (Å²) in [6.45, 7) is 1.70. The van der Waals surface area contributed by atoms with Crippen molar-refractivity contribution < 1.29 is 14.3 Å². The number of nitrogens with zero attached hydrogens (tertiary/aromatic N) is 4. The molecule has 4 rings (SSSR count). The molecule has 30 heavy (non-hydrogen) atoms. The largest absolute Gasteiger partial charge is 0.465 e. The van der Waals surface area contributed by atoms with E-state index in [2.05, 4.69) is 24.9 Å². The number of hydrogen-bond donors (Lipinski definition) is 1. The fourth-order valence-electron chi connectivity index (χ4n) is 3.33. The van der Waals surface area contributed by atoms with Crippen molar-refractivity contribution in [1.29, 1.82) is 0 Å². The number of esters is 1. The van der Waals surface area contributed by atoms with Gasteiger partial charge in [-0.1, -0.05) is 11.3 Å². The fourth-order valence-corrected chi connectivity index (χ4v) is 4.35. The molecule has 3 heterocycles. The number of aromatic nitrogens is 3. The first-order valence-electron chi connectivity index (χ1n) is 9.64. The lowest BCUT2D eigenvalue weighted by molar-refractivity contribution is -0.116. The summed E-state index contributed by atoms with van der Waals surface area (Å²) in [5, 5.41) is 3.52. The number of carbonyl (C=O) groups is 2. The fraction of sp³-hybridized carbons (Fsp3) is 0.350. The van der Waals surface area contributed by atoms with E-state index in [1.807, 2.05) is 0 Å². The van der Waals surface area contributed by atoms with Crippen LogP contribution in [0.2, 0.25) is 0 Å². The van der Waals surface area contributed by atoms with Gasteiger partial charge in [0.25, 0.3) is 5.56 Å². The van der Waals surface area contributed by atoms with E-state index in [9.17, 15) is 14.4 Å². The lowest BCUT2D eigenvalue weighted by Crippen LogP contribution is -2.29. The molecule has 1 amide bonds. The lowest BCUT2D eigenvalue weighted by Gasteiger charge is -2.25. The highest BCUT2D eigenvalue weighted by molar-refractivity contribution is 7.22. The van der Waals surface area contributed by atoms with Crippen LogP contribution in [0, 0.1) is 0 Å². The third-order valence-corrected chi connectivity index (χ3v) is 6.00. The third kappa shape index (κ3) is 4.18. The maximum atomic E-state index is 12.8. The van der Waals surface area contributed by atoms with Gasteiger partial charge in [-0.05, 0) is 43.5 Å². The van der Waals surface area contributed by atoms with Gasteiger partial charge in [0.15, 0.2) is 10.8 Å². The Morgan fingerprint density at radius 3 is 2.60 bits per heavy atom. The van der Waals surface area contributed by atoms with Crippen LogP contribution in [0.4, 0.5) is 10.8 Å². The molecule has 0 unspecified atom stereocenters. The van der Waals surface area contributed by atoms with E-state index in [1.165, 1.54) is 35.8 Å². The molecule has 2 aromatic heterocycles. The summed E-state index contributed by atoms with van der Waals surface area (Å²) >= 11 is 1.33. The Labute approximate surface area is 176 Å². The zero-order valence-electron chi connectivity index (χ0n) is 16.5. The highest BCUT2D eigenvalue weighted by Gasteiger charge is 2.18. The van der Waals surface area contributed by atoms with Crippen LogP contribution < -0.4 is 15.8 Å². The van der Waals surface area contributed by atoms with Gasteiger partial charge in [-0.15, -0.1) is 0 Å². The molecule has 1 fully saturated rings. The van der Waals surface area contributed by atoms with Gasteiger partial charge in [-0.25, -0.2) is 9.78 Å². The molecule has 1 aromatic carbocycles. The van der Waals surface area contributed by atoms with E-state index >= 15 is 0 Å². The van der Waals surface area contributed by atoms with E-state index < -0.39 is 5.97 Å². The molecular formula is C20H21N5O4S. The highest BCUT2D eigenvalue weighted by atomic mass is 32.1. The normalized spacial score (nSPS) is 14.0. The van der Waals surface area contributed by atoms with Crippen LogP contribution in [0.25, 0.3) is 10.3 Å². The number of rotatable bonds is 5. The van der Waals surface area contributed by atoms with Crippen molar-refractivity contribution in [3.05, 3.63) is 46.5 Å². The minimum absolute atomic E-state index is 0.169. The molecular weight excluding hydrogens is 406 g/mol. The smallest absolute Gasteiger partial charge is 0.337 e. The van der Waals surface area contributed by atoms with Gasteiger partial charge in [-0.3, -0.25) is 14.2 Å². The van der Waals surface area contributed by atoms with Crippen LogP contribution in [0.5, 0.6) is 0 Å². The van der Waals surface area contributed by atoms with Crippen molar-refractivity contribution in [3.63, 3.8) is 0 Å². The van der Waals surface area contributed by atoms with Crippen LogP contribution in [-0.4, -0.2) is 46.6 Å². The first kappa shape index (κ1) is 20.0. The predicted octanol–water partition coefficient (Wildman–Crippen LogP) is 2.27. The summed E-state index contributed by atoms with van der Waals surface area (Å²) in [6, 6.07) is 6.31. The van der Waals surface area contributed by atoms with Crippen molar-refractivity contribution in [1.82, 2.24) is 14.5 Å². The molecule has 0 bridgehead atoms. The Morgan fingerprint density at radius 2 is 1.90 bits per heavy atom. The molecule has 1 N–H and O–H groups in total. The molecule has 1 aliphatic rings. The number of anilines is 2. The van der Waals surface area contributed by atoms with Crippen molar-refractivity contribution in [2.45, 2.75) is 25.8 Å². The minimum atomic E-state index is -0.452. The summed E-state index contributed by atoms with van der Waals surface area (Å²) in [6.07, 6.45) is 4.81. The van der Waals surface area contributed by atoms with E-state index in [0.717, 1.165) is 31.1 Å². The number of benzene rings is 1. The van der Waals surface area contributed by atoms with Crippen LogP contribution >= 0.6 is 11.3 Å².